The summed E-state index contributed by atoms with van der Waals surface area (Å²) in [6, 6.07) is 10.9. The summed E-state index contributed by atoms with van der Waals surface area (Å²) in [5, 5.41) is 11.6. The number of hydrogen-bond donors (Lipinski definition) is 1. The first-order valence-electron chi connectivity index (χ1n) is 7.11. The Balaban J connectivity index is 1.98. The fourth-order valence-electron chi connectivity index (χ4n) is 2.45. The number of aromatic amines is 1. The molecule has 0 atom stereocenters. The van der Waals surface area contributed by atoms with Gasteiger partial charge in [0.15, 0.2) is 0 Å². The molecule has 0 bridgehead atoms. The third-order valence-electron chi connectivity index (χ3n) is 3.71. The molecular weight excluding hydrogens is 334 g/mol. The Bertz CT molecular complexity index is 1040. The van der Waals surface area contributed by atoms with Gasteiger partial charge in [0.1, 0.15) is 0 Å². The van der Waals surface area contributed by atoms with Gasteiger partial charge < -0.3 is 4.98 Å². The molecule has 0 aliphatic carbocycles. The van der Waals surface area contributed by atoms with Gasteiger partial charge in [-0.2, -0.15) is 0 Å². The predicted octanol–water partition coefficient (Wildman–Crippen LogP) is 2.49. The van der Waals surface area contributed by atoms with Gasteiger partial charge in [-0.05, 0) is 30.2 Å². The number of aromatic nitrogens is 2. The van der Waals surface area contributed by atoms with E-state index in [-0.39, 0.29) is 23.1 Å². The Morgan fingerprint density at radius 3 is 2.50 bits per heavy atom. The van der Waals surface area contributed by atoms with Crippen LogP contribution in [-0.2, 0) is 13.0 Å². The lowest BCUT2D eigenvalue weighted by atomic mass is 10.1. The third kappa shape index (κ3) is 3.07. The van der Waals surface area contributed by atoms with E-state index < -0.39 is 16.2 Å². The molecule has 0 amide bonds. The molecule has 7 nitrogen and oxygen atoms in total. The summed E-state index contributed by atoms with van der Waals surface area (Å²) in [4.78, 5) is 37.3. The highest BCUT2D eigenvalue weighted by Gasteiger charge is 2.12. The topological polar surface area (TPSA) is 98.0 Å². The number of benzene rings is 2. The number of nitro benzene ring substituents is 1. The molecule has 122 valence electrons. The molecule has 3 rings (SSSR count). The summed E-state index contributed by atoms with van der Waals surface area (Å²) < 4.78 is 1.09. The van der Waals surface area contributed by atoms with Crippen LogP contribution < -0.4 is 11.2 Å². The molecule has 8 heteroatoms. The third-order valence-corrected chi connectivity index (χ3v) is 3.97. The number of hydrogen-bond acceptors (Lipinski definition) is 4. The van der Waals surface area contributed by atoms with Crippen molar-refractivity contribution in [1.29, 1.82) is 0 Å². The SMILES string of the molecule is O=c1[nH]c2cc([N+](=O)[O-])ccc2c(=O)n1CCc1ccc(Cl)cc1. The van der Waals surface area contributed by atoms with Crippen LogP contribution >= 0.6 is 11.6 Å². The minimum absolute atomic E-state index is 0.155. The molecule has 0 aliphatic heterocycles. The number of non-ortho nitro benzene ring substituents is 1. The highest BCUT2D eigenvalue weighted by atomic mass is 35.5. The average molecular weight is 346 g/mol. The van der Waals surface area contributed by atoms with Crippen molar-refractivity contribution < 1.29 is 4.92 Å². The predicted molar refractivity (Wildman–Crippen MR) is 90.6 cm³/mol. The van der Waals surface area contributed by atoms with Gasteiger partial charge in [-0.15, -0.1) is 0 Å². The zero-order chi connectivity index (χ0) is 17.3. The first-order chi connectivity index (χ1) is 11.5. The second-order valence-electron chi connectivity index (χ2n) is 5.25. The van der Waals surface area contributed by atoms with Gasteiger partial charge in [0.2, 0.25) is 0 Å². The molecule has 0 saturated heterocycles. The summed E-state index contributed by atoms with van der Waals surface area (Å²) in [7, 11) is 0. The van der Waals surface area contributed by atoms with Gasteiger partial charge in [-0.3, -0.25) is 19.5 Å². The molecule has 2 aromatic carbocycles. The fraction of sp³-hybridized carbons (Fsp3) is 0.125. The maximum Gasteiger partial charge on any atom is 0.328 e. The van der Waals surface area contributed by atoms with Crippen molar-refractivity contribution in [2.24, 2.45) is 0 Å². The van der Waals surface area contributed by atoms with Crippen molar-refractivity contribution in [2.45, 2.75) is 13.0 Å². The van der Waals surface area contributed by atoms with E-state index in [1.54, 1.807) is 12.1 Å². The fourth-order valence-corrected chi connectivity index (χ4v) is 2.58. The Morgan fingerprint density at radius 1 is 1.12 bits per heavy atom. The molecule has 0 spiro atoms. The van der Waals surface area contributed by atoms with Crippen LogP contribution in [0.3, 0.4) is 0 Å². The zero-order valence-corrected chi connectivity index (χ0v) is 13.1. The van der Waals surface area contributed by atoms with Crippen molar-refractivity contribution in [2.75, 3.05) is 0 Å². The number of fused-ring (bicyclic) bond motifs is 1. The molecule has 0 saturated carbocycles. The van der Waals surface area contributed by atoms with Crippen LogP contribution in [0.5, 0.6) is 0 Å². The van der Waals surface area contributed by atoms with Crippen LogP contribution in [0.15, 0.2) is 52.1 Å². The minimum atomic E-state index is -0.595. The molecule has 1 aromatic heterocycles. The quantitative estimate of drug-likeness (QED) is 0.580. The van der Waals surface area contributed by atoms with Crippen molar-refractivity contribution >= 4 is 28.2 Å². The summed E-state index contributed by atoms with van der Waals surface area (Å²) in [6.45, 7) is 0.197. The lowest BCUT2D eigenvalue weighted by Crippen LogP contribution is -2.35. The van der Waals surface area contributed by atoms with Crippen LogP contribution in [0.25, 0.3) is 10.9 Å². The molecule has 0 radical (unpaired) electrons. The van der Waals surface area contributed by atoms with E-state index in [1.807, 2.05) is 12.1 Å². The second-order valence-corrected chi connectivity index (χ2v) is 5.69. The molecule has 0 fully saturated rings. The molecule has 3 aromatic rings. The monoisotopic (exact) mass is 345 g/mol. The summed E-state index contributed by atoms with van der Waals surface area (Å²) in [5.41, 5.74) is -0.160. The van der Waals surface area contributed by atoms with E-state index >= 15 is 0 Å². The van der Waals surface area contributed by atoms with Gasteiger partial charge in [0.05, 0.1) is 15.8 Å². The second kappa shape index (κ2) is 6.29. The van der Waals surface area contributed by atoms with Crippen LogP contribution in [0.2, 0.25) is 5.02 Å². The van der Waals surface area contributed by atoms with Crippen molar-refractivity contribution in [3.05, 3.63) is 84.0 Å². The number of nitrogens with one attached hydrogen (secondary N) is 1. The van der Waals surface area contributed by atoms with Crippen molar-refractivity contribution in [3.63, 3.8) is 0 Å². The van der Waals surface area contributed by atoms with E-state index in [1.165, 1.54) is 18.2 Å². The molecule has 0 aliphatic rings. The van der Waals surface area contributed by atoms with Crippen LogP contribution in [-0.4, -0.2) is 14.5 Å². The number of H-pyrrole nitrogens is 1. The largest absolute Gasteiger partial charge is 0.328 e. The maximum atomic E-state index is 12.5. The number of rotatable bonds is 4. The van der Waals surface area contributed by atoms with E-state index in [4.69, 9.17) is 11.6 Å². The Kier molecular flexibility index (Phi) is 4.18. The number of halogens is 1. The standard InChI is InChI=1S/C16H12ClN3O4/c17-11-3-1-10(2-4-11)7-8-19-15(21)13-6-5-12(20(23)24)9-14(13)18-16(19)22/h1-6,9H,7-8H2,(H,18,22). The average Bonchev–Trinajstić information content (AvgIpc) is 2.55. The smallest absolute Gasteiger partial charge is 0.306 e. The van der Waals surface area contributed by atoms with Gasteiger partial charge in [0, 0.05) is 23.7 Å². The Morgan fingerprint density at radius 2 is 1.83 bits per heavy atom. The summed E-state index contributed by atoms with van der Waals surface area (Å²) in [5.74, 6) is 0. The highest BCUT2D eigenvalue weighted by molar-refractivity contribution is 6.30. The first-order valence-corrected chi connectivity index (χ1v) is 7.49. The lowest BCUT2D eigenvalue weighted by molar-refractivity contribution is -0.384. The molecule has 0 unspecified atom stereocenters. The van der Waals surface area contributed by atoms with E-state index in [9.17, 15) is 19.7 Å². The number of nitro groups is 1. The number of aryl methyl sites for hydroxylation is 1. The summed E-state index contributed by atoms with van der Waals surface area (Å²) in [6.07, 6.45) is 0.485. The Labute approximate surface area is 140 Å². The highest BCUT2D eigenvalue weighted by Crippen LogP contribution is 2.15. The molecule has 24 heavy (non-hydrogen) atoms. The van der Waals surface area contributed by atoms with Gasteiger partial charge in [-0.1, -0.05) is 23.7 Å². The van der Waals surface area contributed by atoms with Gasteiger partial charge in [0.25, 0.3) is 11.2 Å². The maximum absolute atomic E-state index is 12.5. The van der Waals surface area contributed by atoms with Crippen molar-refractivity contribution in [1.82, 2.24) is 9.55 Å². The van der Waals surface area contributed by atoms with Gasteiger partial charge >= 0.3 is 5.69 Å². The van der Waals surface area contributed by atoms with Gasteiger partial charge in [-0.25, -0.2) is 4.79 Å². The summed E-state index contributed by atoms with van der Waals surface area (Å²) >= 11 is 5.82. The lowest BCUT2D eigenvalue weighted by Gasteiger charge is -2.07. The normalized spacial score (nSPS) is 10.9. The number of nitrogens with zero attached hydrogens (tertiary/aromatic N) is 2. The van der Waals surface area contributed by atoms with E-state index in [0.29, 0.717) is 11.4 Å². The van der Waals surface area contributed by atoms with E-state index in [0.717, 1.165) is 10.1 Å². The van der Waals surface area contributed by atoms with Crippen LogP contribution in [0, 0.1) is 10.1 Å². The Hall–Kier alpha value is -2.93. The molecule has 1 heterocycles. The van der Waals surface area contributed by atoms with Crippen molar-refractivity contribution in [3.8, 4) is 0 Å². The van der Waals surface area contributed by atoms with Crippen LogP contribution in [0.1, 0.15) is 5.56 Å². The molecule has 1 N–H and O–H groups in total. The van der Waals surface area contributed by atoms with E-state index in [2.05, 4.69) is 4.98 Å². The molecular formula is C16H12ClN3O4. The first kappa shape index (κ1) is 15.9. The minimum Gasteiger partial charge on any atom is -0.306 e. The van der Waals surface area contributed by atoms with Crippen LogP contribution in [0.4, 0.5) is 5.69 Å². The zero-order valence-electron chi connectivity index (χ0n) is 12.4.